The van der Waals surface area contributed by atoms with Gasteiger partial charge in [0.2, 0.25) is 0 Å². The van der Waals surface area contributed by atoms with Gasteiger partial charge in [-0.1, -0.05) is 25.1 Å². The summed E-state index contributed by atoms with van der Waals surface area (Å²) in [5.74, 6) is 1.37. The van der Waals surface area contributed by atoms with E-state index >= 15 is 0 Å². The maximum atomic E-state index is 12.9. The van der Waals surface area contributed by atoms with E-state index in [1.54, 1.807) is 6.07 Å². The molecule has 1 fully saturated rings. The Bertz CT molecular complexity index is 1120. The molecule has 1 aromatic heterocycles. The number of alkyl halides is 3. The number of hydrogen-bond donors (Lipinski definition) is 1. The number of nitrogens with one attached hydrogen (secondary N) is 1. The number of fused-ring (bicyclic) bond motifs is 1. The molecule has 4 rings (SSSR count). The van der Waals surface area contributed by atoms with Crippen LogP contribution in [-0.4, -0.2) is 30.6 Å². The lowest BCUT2D eigenvalue weighted by atomic mass is 10.0. The van der Waals surface area contributed by atoms with E-state index in [9.17, 15) is 18.0 Å². The van der Waals surface area contributed by atoms with E-state index in [0.717, 1.165) is 42.8 Å². The van der Waals surface area contributed by atoms with Gasteiger partial charge in [0.1, 0.15) is 17.1 Å². The lowest BCUT2D eigenvalue weighted by Crippen LogP contribution is -2.34. The highest BCUT2D eigenvalue weighted by Crippen LogP contribution is 2.31. The molecule has 168 valence electrons. The number of pyridine rings is 1. The number of amides is 1. The highest BCUT2D eigenvalue weighted by Gasteiger charge is 2.30. The van der Waals surface area contributed by atoms with E-state index in [4.69, 9.17) is 9.72 Å². The number of aromatic nitrogens is 1. The molecule has 1 N–H and O–H groups in total. The number of nitrogens with zero attached hydrogens (tertiary/aromatic N) is 2. The lowest BCUT2D eigenvalue weighted by Gasteiger charge is -2.32. The van der Waals surface area contributed by atoms with Crippen LogP contribution in [0.2, 0.25) is 0 Å². The van der Waals surface area contributed by atoms with Crippen molar-refractivity contribution in [1.82, 2.24) is 4.98 Å². The molecule has 32 heavy (non-hydrogen) atoms. The summed E-state index contributed by atoms with van der Waals surface area (Å²) in [6, 6.07) is 13.9. The maximum Gasteiger partial charge on any atom is 0.416 e. The largest absolute Gasteiger partial charge is 0.481 e. The van der Waals surface area contributed by atoms with Gasteiger partial charge in [0.15, 0.2) is 6.61 Å². The van der Waals surface area contributed by atoms with Crippen molar-refractivity contribution in [2.45, 2.75) is 25.9 Å². The summed E-state index contributed by atoms with van der Waals surface area (Å²) in [6.07, 6.45) is -2.15. The minimum absolute atomic E-state index is 0.0611. The van der Waals surface area contributed by atoms with Crippen molar-refractivity contribution >= 4 is 28.3 Å². The van der Waals surface area contributed by atoms with Crippen LogP contribution in [0.4, 0.5) is 24.7 Å². The third kappa shape index (κ3) is 5.12. The Balaban J connectivity index is 1.47. The number of ether oxygens (including phenoxy) is 1. The Kier molecular flexibility index (Phi) is 6.21. The Morgan fingerprint density at radius 2 is 2.00 bits per heavy atom. The quantitative estimate of drug-likeness (QED) is 0.565. The number of hydrogen-bond acceptors (Lipinski definition) is 4. The molecule has 1 saturated heterocycles. The van der Waals surface area contributed by atoms with Crippen molar-refractivity contribution in [3.05, 3.63) is 60.2 Å². The highest BCUT2D eigenvalue weighted by molar-refractivity contribution is 5.92. The van der Waals surface area contributed by atoms with Gasteiger partial charge in [0.05, 0.1) is 5.56 Å². The zero-order valence-electron chi connectivity index (χ0n) is 17.7. The van der Waals surface area contributed by atoms with Crippen LogP contribution in [0.1, 0.15) is 25.3 Å². The van der Waals surface area contributed by atoms with Crippen molar-refractivity contribution in [2.75, 3.05) is 29.9 Å². The minimum atomic E-state index is -4.48. The molecule has 1 unspecified atom stereocenters. The average Bonchev–Trinajstić information content (AvgIpc) is 2.77. The van der Waals surface area contributed by atoms with Gasteiger partial charge in [-0.25, -0.2) is 4.98 Å². The van der Waals surface area contributed by atoms with Gasteiger partial charge < -0.3 is 15.0 Å². The molecule has 1 aliphatic rings. The van der Waals surface area contributed by atoms with E-state index in [1.807, 2.05) is 24.3 Å². The number of rotatable bonds is 5. The van der Waals surface area contributed by atoms with Crippen LogP contribution in [0.25, 0.3) is 10.9 Å². The summed E-state index contributed by atoms with van der Waals surface area (Å²) < 4.78 is 44.3. The van der Waals surface area contributed by atoms with Crippen molar-refractivity contribution in [2.24, 2.45) is 5.92 Å². The van der Waals surface area contributed by atoms with Crippen LogP contribution < -0.4 is 15.0 Å². The first-order chi connectivity index (χ1) is 15.3. The standard InChI is InChI=1S/C24H24F3N3O2/c1-16-5-4-12-30(14-16)21-11-10-17-6-2-9-20(23(17)29-21)32-15-22(31)28-19-8-3-7-18(13-19)24(25,26)27/h2-3,6-11,13,16H,4-5,12,14-15H2,1H3,(H,28,31). The SMILES string of the molecule is CC1CCCN(c2ccc3cccc(OCC(=O)Nc4cccc(C(F)(F)F)c4)c3n2)C1. The smallest absolute Gasteiger partial charge is 0.416 e. The summed E-state index contributed by atoms with van der Waals surface area (Å²) >= 11 is 0. The van der Waals surface area contributed by atoms with E-state index in [1.165, 1.54) is 18.6 Å². The highest BCUT2D eigenvalue weighted by atomic mass is 19.4. The predicted octanol–water partition coefficient (Wildman–Crippen LogP) is 5.51. The van der Waals surface area contributed by atoms with Gasteiger partial charge in [-0.2, -0.15) is 13.2 Å². The van der Waals surface area contributed by atoms with E-state index in [-0.39, 0.29) is 12.3 Å². The maximum absolute atomic E-state index is 12.9. The van der Waals surface area contributed by atoms with Gasteiger partial charge >= 0.3 is 6.18 Å². The van der Waals surface area contributed by atoms with Crippen molar-refractivity contribution in [1.29, 1.82) is 0 Å². The van der Waals surface area contributed by atoms with Gasteiger partial charge in [0, 0.05) is 24.2 Å². The first kappa shape index (κ1) is 21.9. The number of anilines is 2. The Morgan fingerprint density at radius 1 is 1.19 bits per heavy atom. The van der Waals surface area contributed by atoms with E-state index in [0.29, 0.717) is 17.2 Å². The Labute approximate surface area is 184 Å². The second-order valence-corrected chi connectivity index (χ2v) is 8.11. The first-order valence-corrected chi connectivity index (χ1v) is 10.5. The molecule has 1 amide bonds. The second kappa shape index (κ2) is 9.06. The average molecular weight is 443 g/mol. The van der Waals surface area contributed by atoms with Crippen LogP contribution in [0.3, 0.4) is 0 Å². The molecule has 2 heterocycles. The molecule has 8 heteroatoms. The monoisotopic (exact) mass is 443 g/mol. The third-order valence-corrected chi connectivity index (χ3v) is 5.48. The topological polar surface area (TPSA) is 54.5 Å². The van der Waals surface area contributed by atoms with Gasteiger partial charge in [0.25, 0.3) is 5.91 Å². The summed E-state index contributed by atoms with van der Waals surface area (Å²) in [6.45, 7) is 3.78. The minimum Gasteiger partial charge on any atom is -0.481 e. The predicted molar refractivity (Wildman–Crippen MR) is 118 cm³/mol. The molecule has 0 saturated carbocycles. The molecular weight excluding hydrogens is 419 g/mol. The number of carbonyl (C=O) groups excluding carboxylic acids is 1. The van der Waals surface area contributed by atoms with E-state index < -0.39 is 17.6 Å². The summed E-state index contributed by atoms with van der Waals surface area (Å²) in [5, 5.41) is 3.33. The second-order valence-electron chi connectivity index (χ2n) is 8.11. The fourth-order valence-electron chi connectivity index (χ4n) is 3.91. The number of piperidine rings is 1. The van der Waals surface area contributed by atoms with Crippen molar-refractivity contribution < 1.29 is 22.7 Å². The Morgan fingerprint density at radius 3 is 2.78 bits per heavy atom. The molecule has 1 aliphatic heterocycles. The molecular formula is C24H24F3N3O2. The van der Waals surface area contributed by atoms with Gasteiger partial charge in [-0.05, 0) is 55.2 Å². The summed E-state index contributed by atoms with van der Waals surface area (Å²) in [7, 11) is 0. The van der Waals surface area contributed by atoms with Gasteiger partial charge in [-0.3, -0.25) is 4.79 Å². The molecule has 0 bridgehead atoms. The molecule has 2 aromatic carbocycles. The number of benzene rings is 2. The van der Waals surface area contributed by atoms with Crippen LogP contribution in [0.5, 0.6) is 5.75 Å². The fraction of sp³-hybridized carbons (Fsp3) is 0.333. The molecule has 0 aliphatic carbocycles. The molecule has 0 radical (unpaired) electrons. The fourth-order valence-corrected chi connectivity index (χ4v) is 3.91. The molecule has 0 spiro atoms. The normalized spacial score (nSPS) is 16.8. The third-order valence-electron chi connectivity index (χ3n) is 5.48. The van der Waals surface area contributed by atoms with Crippen molar-refractivity contribution in [3.8, 4) is 5.75 Å². The van der Waals surface area contributed by atoms with Crippen molar-refractivity contribution in [3.63, 3.8) is 0 Å². The molecule has 1 atom stereocenters. The zero-order valence-corrected chi connectivity index (χ0v) is 17.7. The molecule has 5 nitrogen and oxygen atoms in total. The van der Waals surface area contributed by atoms with E-state index in [2.05, 4.69) is 17.1 Å². The summed E-state index contributed by atoms with van der Waals surface area (Å²) in [5.41, 5.74) is -0.116. The van der Waals surface area contributed by atoms with Crippen LogP contribution in [0.15, 0.2) is 54.6 Å². The summed E-state index contributed by atoms with van der Waals surface area (Å²) in [4.78, 5) is 19.3. The lowest BCUT2D eigenvalue weighted by molar-refractivity contribution is -0.137. The zero-order chi connectivity index (χ0) is 22.7. The number of para-hydroxylation sites is 1. The molecule has 3 aromatic rings. The number of halogens is 3. The first-order valence-electron chi connectivity index (χ1n) is 10.5. The van der Waals surface area contributed by atoms with Crippen LogP contribution >= 0.6 is 0 Å². The van der Waals surface area contributed by atoms with Crippen LogP contribution in [-0.2, 0) is 11.0 Å². The van der Waals surface area contributed by atoms with Gasteiger partial charge in [-0.15, -0.1) is 0 Å². The Hall–Kier alpha value is -3.29. The number of carbonyl (C=O) groups is 1. The van der Waals surface area contributed by atoms with Crippen LogP contribution in [0, 0.1) is 5.92 Å².